The van der Waals surface area contributed by atoms with Crippen molar-refractivity contribution >= 4 is 34.0 Å². The Hall–Kier alpha value is -1.25. The van der Waals surface area contributed by atoms with Gasteiger partial charge in [0.05, 0.1) is 0 Å². The van der Waals surface area contributed by atoms with Crippen LogP contribution in [0.2, 0.25) is 5.02 Å². The molecule has 4 nitrogen and oxygen atoms in total. The molecule has 26 heavy (non-hydrogen) atoms. The van der Waals surface area contributed by atoms with E-state index in [1.54, 1.807) is 6.07 Å². The van der Waals surface area contributed by atoms with Gasteiger partial charge in [-0.15, -0.1) is 12.4 Å². The summed E-state index contributed by atoms with van der Waals surface area (Å²) in [4.78, 5) is 1.48. The molecular formula is C17H18Cl2F2N2O2S. The summed E-state index contributed by atoms with van der Waals surface area (Å²) in [5, 5.41) is 0.653. The van der Waals surface area contributed by atoms with Crippen molar-refractivity contribution in [2.75, 3.05) is 26.2 Å². The van der Waals surface area contributed by atoms with Crippen molar-refractivity contribution in [2.24, 2.45) is 0 Å². The monoisotopic (exact) mass is 422 g/mol. The Morgan fingerprint density at radius 1 is 1.00 bits per heavy atom. The van der Waals surface area contributed by atoms with E-state index in [0.29, 0.717) is 24.7 Å². The largest absolute Gasteiger partial charge is 0.296 e. The Labute approximate surface area is 162 Å². The third-order valence-electron chi connectivity index (χ3n) is 4.14. The molecule has 1 saturated heterocycles. The number of hydrogen-bond donors (Lipinski definition) is 0. The summed E-state index contributed by atoms with van der Waals surface area (Å²) in [5.41, 5.74) is 1.04. The molecule has 2 aromatic rings. The van der Waals surface area contributed by atoms with E-state index in [1.807, 2.05) is 18.2 Å². The van der Waals surface area contributed by atoms with Crippen LogP contribution in [-0.4, -0.2) is 43.8 Å². The lowest BCUT2D eigenvalue weighted by Crippen LogP contribution is -2.48. The molecule has 0 radical (unpaired) electrons. The molecule has 1 heterocycles. The maximum Gasteiger partial charge on any atom is 0.246 e. The van der Waals surface area contributed by atoms with Gasteiger partial charge in [-0.3, -0.25) is 4.90 Å². The van der Waals surface area contributed by atoms with Gasteiger partial charge in [0.2, 0.25) is 10.0 Å². The van der Waals surface area contributed by atoms with Crippen molar-refractivity contribution in [1.29, 1.82) is 0 Å². The first-order valence-electron chi connectivity index (χ1n) is 7.78. The second-order valence-corrected chi connectivity index (χ2v) is 8.23. The van der Waals surface area contributed by atoms with E-state index < -0.39 is 26.6 Å². The van der Waals surface area contributed by atoms with Crippen LogP contribution in [0.1, 0.15) is 5.56 Å². The molecule has 0 spiro atoms. The molecule has 0 amide bonds. The highest BCUT2D eigenvalue weighted by molar-refractivity contribution is 7.89. The van der Waals surface area contributed by atoms with E-state index >= 15 is 0 Å². The van der Waals surface area contributed by atoms with Gasteiger partial charge in [-0.05, 0) is 35.9 Å². The second kappa shape index (κ2) is 8.63. The quantitative estimate of drug-likeness (QED) is 0.756. The van der Waals surface area contributed by atoms with Crippen molar-refractivity contribution in [3.63, 3.8) is 0 Å². The standard InChI is InChI=1S/C17H17ClF2N2O2S.ClH/c18-14-3-1-2-13(10-14)12-21-6-8-22(9-7-21)25(23,24)17-11-15(19)4-5-16(17)20;/h1-5,10-11H,6-9,12H2;1H. The van der Waals surface area contributed by atoms with Crippen LogP contribution < -0.4 is 0 Å². The summed E-state index contributed by atoms with van der Waals surface area (Å²) in [5.74, 6) is -1.72. The Morgan fingerprint density at radius 3 is 2.35 bits per heavy atom. The number of piperazine rings is 1. The van der Waals surface area contributed by atoms with Crippen LogP contribution >= 0.6 is 24.0 Å². The van der Waals surface area contributed by atoms with Crippen LogP contribution in [0.15, 0.2) is 47.4 Å². The summed E-state index contributed by atoms with van der Waals surface area (Å²) < 4.78 is 53.4. The summed E-state index contributed by atoms with van der Waals surface area (Å²) in [6.45, 7) is 2.10. The molecule has 142 valence electrons. The molecule has 0 atom stereocenters. The number of benzene rings is 2. The van der Waals surface area contributed by atoms with Crippen molar-refractivity contribution in [3.8, 4) is 0 Å². The topological polar surface area (TPSA) is 40.6 Å². The summed E-state index contributed by atoms with van der Waals surface area (Å²) in [7, 11) is -4.05. The Kier molecular flexibility index (Phi) is 6.99. The summed E-state index contributed by atoms with van der Waals surface area (Å²) >= 11 is 5.97. The molecule has 0 N–H and O–H groups in total. The van der Waals surface area contributed by atoms with Crippen LogP contribution in [0.25, 0.3) is 0 Å². The van der Waals surface area contributed by atoms with Gasteiger partial charge in [0.25, 0.3) is 0 Å². The number of hydrogen-bond acceptors (Lipinski definition) is 3. The maximum atomic E-state index is 13.8. The molecule has 0 aliphatic carbocycles. The highest BCUT2D eigenvalue weighted by Crippen LogP contribution is 2.22. The molecule has 0 unspecified atom stereocenters. The highest BCUT2D eigenvalue weighted by atomic mass is 35.5. The van der Waals surface area contributed by atoms with Crippen molar-refractivity contribution in [1.82, 2.24) is 9.21 Å². The number of sulfonamides is 1. The van der Waals surface area contributed by atoms with Crippen LogP contribution in [-0.2, 0) is 16.6 Å². The van der Waals surface area contributed by atoms with Gasteiger partial charge in [0.15, 0.2) is 0 Å². The molecule has 3 rings (SSSR count). The second-order valence-electron chi connectivity index (χ2n) is 5.88. The normalized spacial score (nSPS) is 16.3. The molecule has 1 fully saturated rings. The number of nitrogens with zero attached hydrogens (tertiary/aromatic N) is 2. The molecule has 1 aliphatic rings. The van der Waals surface area contributed by atoms with Crippen molar-refractivity contribution in [2.45, 2.75) is 11.4 Å². The minimum absolute atomic E-state index is 0. The molecular weight excluding hydrogens is 405 g/mol. The third kappa shape index (κ3) is 4.72. The van der Waals surface area contributed by atoms with E-state index in [9.17, 15) is 17.2 Å². The Morgan fingerprint density at radius 2 is 1.69 bits per heavy atom. The lowest BCUT2D eigenvalue weighted by molar-refractivity contribution is 0.181. The fraction of sp³-hybridized carbons (Fsp3) is 0.294. The van der Waals surface area contributed by atoms with E-state index in [4.69, 9.17) is 11.6 Å². The van der Waals surface area contributed by atoms with E-state index in [1.165, 1.54) is 4.31 Å². The zero-order valence-corrected chi connectivity index (χ0v) is 16.1. The average molecular weight is 423 g/mol. The number of halogens is 4. The first-order chi connectivity index (χ1) is 11.9. The maximum absolute atomic E-state index is 13.8. The minimum atomic E-state index is -4.05. The van der Waals surface area contributed by atoms with Gasteiger partial charge in [-0.1, -0.05) is 23.7 Å². The van der Waals surface area contributed by atoms with Crippen LogP contribution in [0.3, 0.4) is 0 Å². The minimum Gasteiger partial charge on any atom is -0.296 e. The third-order valence-corrected chi connectivity index (χ3v) is 6.29. The molecule has 0 saturated carbocycles. The SMILES string of the molecule is Cl.O=S(=O)(c1cc(F)ccc1F)N1CCN(Cc2cccc(Cl)c2)CC1. The summed E-state index contributed by atoms with van der Waals surface area (Å²) in [6.07, 6.45) is 0. The van der Waals surface area contributed by atoms with Crippen LogP contribution in [0.4, 0.5) is 8.78 Å². The Balaban J connectivity index is 0.00000243. The van der Waals surface area contributed by atoms with Crippen molar-refractivity contribution < 1.29 is 17.2 Å². The number of rotatable bonds is 4. The van der Waals surface area contributed by atoms with E-state index in [2.05, 4.69) is 4.90 Å². The van der Waals surface area contributed by atoms with Gasteiger partial charge in [0, 0.05) is 37.7 Å². The smallest absolute Gasteiger partial charge is 0.246 e. The molecule has 0 bridgehead atoms. The van der Waals surface area contributed by atoms with E-state index in [0.717, 1.165) is 23.8 Å². The summed E-state index contributed by atoms with van der Waals surface area (Å²) in [6, 6.07) is 9.94. The highest BCUT2D eigenvalue weighted by Gasteiger charge is 2.31. The van der Waals surface area contributed by atoms with Gasteiger partial charge < -0.3 is 0 Å². The van der Waals surface area contributed by atoms with Gasteiger partial charge >= 0.3 is 0 Å². The lowest BCUT2D eigenvalue weighted by Gasteiger charge is -2.34. The first kappa shape index (κ1) is 21.1. The van der Waals surface area contributed by atoms with Gasteiger partial charge in [-0.25, -0.2) is 17.2 Å². The first-order valence-corrected chi connectivity index (χ1v) is 9.60. The predicted molar refractivity (Wildman–Crippen MR) is 99.1 cm³/mol. The average Bonchev–Trinajstić information content (AvgIpc) is 2.57. The van der Waals surface area contributed by atoms with Crippen LogP contribution in [0.5, 0.6) is 0 Å². The van der Waals surface area contributed by atoms with Crippen molar-refractivity contribution in [3.05, 3.63) is 64.7 Å². The zero-order valence-electron chi connectivity index (χ0n) is 13.7. The van der Waals surface area contributed by atoms with E-state index in [-0.39, 0.29) is 25.5 Å². The fourth-order valence-corrected chi connectivity index (χ4v) is 4.55. The molecule has 0 aromatic heterocycles. The van der Waals surface area contributed by atoms with Crippen LogP contribution in [0, 0.1) is 11.6 Å². The molecule has 2 aromatic carbocycles. The molecule has 1 aliphatic heterocycles. The fourth-order valence-electron chi connectivity index (χ4n) is 2.84. The predicted octanol–water partition coefficient (Wildman–Crippen LogP) is 3.55. The zero-order chi connectivity index (χ0) is 18.0. The lowest BCUT2D eigenvalue weighted by atomic mass is 10.2. The van der Waals surface area contributed by atoms with Gasteiger partial charge in [0.1, 0.15) is 16.5 Å². The van der Waals surface area contributed by atoms with Gasteiger partial charge in [-0.2, -0.15) is 4.31 Å². The molecule has 9 heteroatoms. The Bertz CT molecular complexity index is 873.